The molecule has 1 aromatic heterocycles. The van der Waals surface area contributed by atoms with Crippen molar-refractivity contribution < 1.29 is 23.3 Å². The van der Waals surface area contributed by atoms with E-state index in [9.17, 15) is 24.1 Å². The van der Waals surface area contributed by atoms with Crippen LogP contribution in [0.4, 0.5) is 14.9 Å². The van der Waals surface area contributed by atoms with Crippen LogP contribution < -0.4 is 0 Å². The van der Waals surface area contributed by atoms with E-state index in [0.29, 0.717) is 5.56 Å². The molecule has 0 unspecified atom stereocenters. The van der Waals surface area contributed by atoms with Crippen LogP contribution in [0.15, 0.2) is 63.9 Å². The molecule has 0 saturated carbocycles. The molecule has 31 heavy (non-hydrogen) atoms. The van der Waals surface area contributed by atoms with Crippen molar-refractivity contribution in [3.63, 3.8) is 0 Å². The van der Waals surface area contributed by atoms with Gasteiger partial charge < -0.3 is 4.42 Å². The van der Waals surface area contributed by atoms with Gasteiger partial charge in [-0.15, -0.1) is 0 Å². The van der Waals surface area contributed by atoms with E-state index >= 15 is 0 Å². The third-order valence-corrected chi connectivity index (χ3v) is 5.59. The zero-order valence-corrected chi connectivity index (χ0v) is 17.2. The molecule has 0 N–H and O–H groups in total. The van der Waals surface area contributed by atoms with Crippen LogP contribution in [0.3, 0.4) is 0 Å². The van der Waals surface area contributed by atoms with Crippen molar-refractivity contribution in [3.05, 3.63) is 91.8 Å². The zero-order valence-electron chi connectivity index (χ0n) is 15.6. The summed E-state index contributed by atoms with van der Waals surface area (Å²) in [5, 5.41) is 11.1. The summed E-state index contributed by atoms with van der Waals surface area (Å²) in [6.45, 7) is 0.0165. The Labute approximate surface area is 184 Å². The van der Waals surface area contributed by atoms with Gasteiger partial charge in [-0.3, -0.25) is 24.6 Å². The summed E-state index contributed by atoms with van der Waals surface area (Å²) in [7, 11) is 0. The van der Waals surface area contributed by atoms with Crippen molar-refractivity contribution >= 4 is 46.3 Å². The first kappa shape index (κ1) is 20.8. The van der Waals surface area contributed by atoms with E-state index in [-0.39, 0.29) is 39.2 Å². The normalized spacial score (nSPS) is 15.2. The number of nitro groups is 1. The van der Waals surface area contributed by atoms with Crippen molar-refractivity contribution in [2.45, 2.75) is 6.54 Å². The Morgan fingerprint density at radius 1 is 1.13 bits per heavy atom. The number of nitro benzene ring substituents is 1. The van der Waals surface area contributed by atoms with E-state index in [1.165, 1.54) is 54.6 Å². The number of hydrogen-bond donors (Lipinski definition) is 0. The first-order valence-corrected chi connectivity index (χ1v) is 10.1. The molecule has 0 radical (unpaired) electrons. The van der Waals surface area contributed by atoms with Crippen molar-refractivity contribution in [2.24, 2.45) is 0 Å². The number of imide groups is 1. The van der Waals surface area contributed by atoms with Crippen LogP contribution in [0.5, 0.6) is 0 Å². The van der Waals surface area contributed by atoms with Gasteiger partial charge in [0.05, 0.1) is 21.9 Å². The molecule has 2 heterocycles. The van der Waals surface area contributed by atoms with Crippen molar-refractivity contribution in [2.75, 3.05) is 0 Å². The number of carbonyl (C=O) groups excluding carboxylic acids is 2. The van der Waals surface area contributed by atoms with Gasteiger partial charge in [-0.05, 0) is 53.7 Å². The molecule has 156 valence electrons. The molecule has 1 fully saturated rings. The molecule has 0 bridgehead atoms. The number of thioether (sulfide) groups is 1. The average molecular weight is 459 g/mol. The average Bonchev–Trinajstić information content (AvgIpc) is 3.29. The summed E-state index contributed by atoms with van der Waals surface area (Å²) in [6, 6.07) is 12.8. The molecule has 0 aliphatic carbocycles. The lowest BCUT2D eigenvalue weighted by Crippen LogP contribution is -2.27. The van der Waals surface area contributed by atoms with Crippen LogP contribution in [0.2, 0.25) is 5.02 Å². The van der Waals surface area contributed by atoms with Crippen LogP contribution in [-0.4, -0.2) is 21.0 Å². The maximum atomic E-state index is 13.1. The number of rotatable bonds is 5. The standard InChI is InChI=1S/C21H12ClFN2O5S/c22-13-3-7-16(17(9-13)25(28)29)18-8-6-15(30-18)10-19-20(26)24(21(27)31-19)11-12-1-4-14(23)5-2-12/h1-10H,11H2/b19-10+. The molecule has 10 heteroatoms. The lowest BCUT2D eigenvalue weighted by atomic mass is 10.1. The molecular formula is C21H12ClFN2O5S. The first-order valence-electron chi connectivity index (χ1n) is 8.86. The Hall–Kier alpha value is -3.43. The smallest absolute Gasteiger partial charge is 0.293 e. The molecule has 1 saturated heterocycles. The van der Waals surface area contributed by atoms with E-state index in [1.54, 1.807) is 6.07 Å². The Bertz CT molecular complexity index is 1240. The highest BCUT2D eigenvalue weighted by molar-refractivity contribution is 8.18. The number of nitrogens with zero attached hydrogens (tertiary/aromatic N) is 2. The van der Waals surface area contributed by atoms with E-state index < -0.39 is 21.9 Å². The summed E-state index contributed by atoms with van der Waals surface area (Å²) >= 11 is 6.59. The zero-order chi connectivity index (χ0) is 22.1. The second kappa shape index (κ2) is 8.37. The molecular weight excluding hydrogens is 447 g/mol. The van der Waals surface area contributed by atoms with Gasteiger partial charge in [0, 0.05) is 17.2 Å². The molecule has 0 spiro atoms. The van der Waals surface area contributed by atoms with Crippen LogP contribution in [0.1, 0.15) is 11.3 Å². The summed E-state index contributed by atoms with van der Waals surface area (Å²) in [5.74, 6) is -0.436. The Morgan fingerprint density at radius 3 is 2.58 bits per heavy atom. The van der Waals surface area contributed by atoms with E-state index in [0.717, 1.165) is 16.7 Å². The quantitative estimate of drug-likeness (QED) is 0.269. The maximum absolute atomic E-state index is 13.1. The number of furan rings is 1. The molecule has 2 amide bonds. The van der Waals surface area contributed by atoms with E-state index in [2.05, 4.69) is 0 Å². The van der Waals surface area contributed by atoms with Crippen LogP contribution >= 0.6 is 23.4 Å². The van der Waals surface area contributed by atoms with E-state index in [4.69, 9.17) is 16.0 Å². The fourth-order valence-corrected chi connectivity index (χ4v) is 3.96. The summed E-state index contributed by atoms with van der Waals surface area (Å²) in [4.78, 5) is 36.9. The maximum Gasteiger partial charge on any atom is 0.293 e. The lowest BCUT2D eigenvalue weighted by Gasteiger charge is -2.12. The summed E-state index contributed by atoms with van der Waals surface area (Å²) < 4.78 is 18.7. The number of carbonyl (C=O) groups is 2. The number of amides is 2. The van der Waals surface area contributed by atoms with Gasteiger partial charge in [0.2, 0.25) is 0 Å². The van der Waals surface area contributed by atoms with Crippen molar-refractivity contribution in [1.29, 1.82) is 0 Å². The molecule has 1 aliphatic rings. The van der Waals surface area contributed by atoms with Gasteiger partial charge in [-0.25, -0.2) is 4.39 Å². The molecule has 2 aromatic carbocycles. The van der Waals surface area contributed by atoms with Gasteiger partial charge in [0.15, 0.2) is 0 Å². The molecule has 7 nitrogen and oxygen atoms in total. The Balaban J connectivity index is 1.57. The minimum atomic E-state index is -0.565. The topological polar surface area (TPSA) is 93.7 Å². The SMILES string of the molecule is O=C1S/C(=C/c2ccc(-c3ccc(Cl)cc3[N+](=O)[O-])o2)C(=O)N1Cc1ccc(F)cc1. The van der Waals surface area contributed by atoms with Gasteiger partial charge in [-0.1, -0.05) is 23.7 Å². The second-order valence-electron chi connectivity index (χ2n) is 6.51. The summed E-state index contributed by atoms with van der Waals surface area (Å²) in [6.07, 6.45) is 1.40. The van der Waals surface area contributed by atoms with Gasteiger partial charge in [0.1, 0.15) is 17.3 Å². The molecule has 0 atom stereocenters. The fraction of sp³-hybridized carbons (Fsp3) is 0.0476. The third-order valence-electron chi connectivity index (χ3n) is 4.45. The summed E-state index contributed by atoms with van der Waals surface area (Å²) in [5.41, 5.74) is 0.631. The fourth-order valence-electron chi connectivity index (χ4n) is 2.98. The van der Waals surface area contributed by atoms with Crippen LogP contribution in [0, 0.1) is 15.9 Å². The number of hydrogen-bond acceptors (Lipinski definition) is 6. The highest BCUT2D eigenvalue weighted by Crippen LogP contribution is 2.36. The molecule has 4 rings (SSSR count). The van der Waals surface area contributed by atoms with E-state index in [1.807, 2.05) is 0 Å². The first-order chi connectivity index (χ1) is 14.8. The Kier molecular flexibility index (Phi) is 5.62. The molecule has 1 aliphatic heterocycles. The highest BCUT2D eigenvalue weighted by Gasteiger charge is 2.35. The lowest BCUT2D eigenvalue weighted by molar-refractivity contribution is -0.384. The predicted molar refractivity (Wildman–Crippen MR) is 114 cm³/mol. The minimum absolute atomic E-state index is 0.0165. The number of benzene rings is 2. The predicted octanol–water partition coefficient (Wildman–Crippen LogP) is 5.88. The van der Waals surface area contributed by atoms with Crippen LogP contribution in [0.25, 0.3) is 17.4 Å². The highest BCUT2D eigenvalue weighted by atomic mass is 35.5. The number of halogens is 2. The van der Waals surface area contributed by atoms with Gasteiger partial charge in [0.25, 0.3) is 16.8 Å². The second-order valence-corrected chi connectivity index (χ2v) is 7.94. The van der Waals surface area contributed by atoms with Gasteiger partial charge in [-0.2, -0.15) is 0 Å². The largest absolute Gasteiger partial charge is 0.456 e. The Morgan fingerprint density at radius 2 is 1.87 bits per heavy atom. The third kappa shape index (κ3) is 4.37. The van der Waals surface area contributed by atoms with Crippen LogP contribution in [-0.2, 0) is 11.3 Å². The van der Waals surface area contributed by atoms with Gasteiger partial charge >= 0.3 is 0 Å². The van der Waals surface area contributed by atoms with Crippen molar-refractivity contribution in [3.8, 4) is 11.3 Å². The van der Waals surface area contributed by atoms with Crippen molar-refractivity contribution in [1.82, 2.24) is 4.90 Å². The monoisotopic (exact) mass is 458 g/mol. The minimum Gasteiger partial charge on any atom is -0.456 e. The molecule has 3 aromatic rings.